The smallest absolute Gasteiger partial charge is 0.273 e. The van der Waals surface area contributed by atoms with Gasteiger partial charge in [-0.05, 0) is 30.3 Å². The maximum Gasteiger partial charge on any atom is 0.273 e. The minimum absolute atomic E-state index is 0.0381. The minimum atomic E-state index is -0.480. The lowest BCUT2D eigenvalue weighted by molar-refractivity contribution is -0.384. The molecule has 3 rings (SSSR count). The lowest BCUT2D eigenvalue weighted by atomic mass is 10.3. The van der Waals surface area contributed by atoms with Crippen molar-refractivity contribution < 1.29 is 14.1 Å². The van der Waals surface area contributed by atoms with Crippen LogP contribution in [0.5, 0.6) is 5.75 Å². The third-order valence-electron chi connectivity index (χ3n) is 2.80. The van der Waals surface area contributed by atoms with Crippen LogP contribution >= 0.6 is 11.6 Å². The first-order valence-corrected chi connectivity index (χ1v) is 6.42. The zero-order valence-electron chi connectivity index (χ0n) is 10.7. The molecule has 3 aromatic rings. The van der Waals surface area contributed by atoms with Crippen LogP contribution in [0.2, 0.25) is 5.02 Å². The van der Waals surface area contributed by atoms with Crippen molar-refractivity contribution in [1.82, 2.24) is 4.98 Å². The molecule has 0 aliphatic heterocycles. The van der Waals surface area contributed by atoms with E-state index in [1.807, 2.05) is 0 Å². The number of nitro groups is 1. The van der Waals surface area contributed by atoms with Crippen LogP contribution in [0, 0.1) is 10.1 Å². The van der Waals surface area contributed by atoms with Gasteiger partial charge in [0.05, 0.1) is 11.0 Å². The number of non-ortho nitro benzene ring substituents is 1. The van der Waals surface area contributed by atoms with Gasteiger partial charge in [-0.25, -0.2) is 4.98 Å². The third kappa shape index (κ3) is 2.95. The highest BCUT2D eigenvalue weighted by atomic mass is 35.5. The molecule has 6 nitrogen and oxygen atoms in total. The molecule has 0 aliphatic carbocycles. The van der Waals surface area contributed by atoms with E-state index in [0.29, 0.717) is 27.8 Å². The van der Waals surface area contributed by atoms with E-state index in [1.165, 1.54) is 12.1 Å². The minimum Gasteiger partial charge on any atom is -0.484 e. The Morgan fingerprint density at radius 1 is 1.24 bits per heavy atom. The van der Waals surface area contributed by atoms with Gasteiger partial charge in [-0.1, -0.05) is 11.6 Å². The largest absolute Gasteiger partial charge is 0.484 e. The quantitative estimate of drug-likeness (QED) is 0.538. The predicted octanol–water partition coefficient (Wildman–Crippen LogP) is 3.97. The summed E-state index contributed by atoms with van der Waals surface area (Å²) in [4.78, 5) is 14.4. The molecule has 0 unspecified atom stereocenters. The number of halogens is 1. The Hall–Kier alpha value is -2.60. The number of hydrogen-bond donors (Lipinski definition) is 0. The van der Waals surface area contributed by atoms with Crippen molar-refractivity contribution in [2.45, 2.75) is 6.61 Å². The fourth-order valence-corrected chi connectivity index (χ4v) is 1.94. The van der Waals surface area contributed by atoms with Crippen molar-refractivity contribution in [2.75, 3.05) is 0 Å². The summed E-state index contributed by atoms with van der Waals surface area (Å²) >= 11 is 5.78. The zero-order valence-corrected chi connectivity index (χ0v) is 11.4. The normalized spacial score (nSPS) is 10.7. The molecular formula is C14H9ClN2O4. The first kappa shape index (κ1) is 13.4. The molecule has 2 aromatic carbocycles. The van der Waals surface area contributed by atoms with Crippen LogP contribution in [0.25, 0.3) is 11.1 Å². The summed E-state index contributed by atoms with van der Waals surface area (Å²) in [5, 5.41) is 11.3. The lowest BCUT2D eigenvalue weighted by Crippen LogP contribution is -1.94. The summed E-state index contributed by atoms with van der Waals surface area (Å²) in [6.45, 7) is 0.129. The molecule has 0 amide bonds. The standard InChI is InChI=1S/C14H9ClN2O4/c15-9-1-4-11(5-2-9)20-8-14-16-12-6-3-10(17(18)19)7-13(12)21-14/h1-7H,8H2. The molecule has 0 atom stereocenters. The fraction of sp³-hybridized carbons (Fsp3) is 0.0714. The van der Waals surface area contributed by atoms with Crippen molar-refractivity contribution in [3.05, 3.63) is 63.5 Å². The maximum atomic E-state index is 10.7. The molecule has 0 spiro atoms. The van der Waals surface area contributed by atoms with Gasteiger partial charge in [-0.3, -0.25) is 10.1 Å². The topological polar surface area (TPSA) is 78.4 Å². The lowest BCUT2D eigenvalue weighted by Gasteiger charge is -2.02. The molecule has 106 valence electrons. The van der Waals surface area contributed by atoms with Crippen LogP contribution in [0.15, 0.2) is 46.9 Å². The number of fused-ring (bicyclic) bond motifs is 1. The second-order valence-corrected chi connectivity index (χ2v) is 4.70. The Kier molecular flexibility index (Phi) is 3.45. The Morgan fingerprint density at radius 3 is 2.71 bits per heavy atom. The van der Waals surface area contributed by atoms with E-state index in [9.17, 15) is 10.1 Å². The summed E-state index contributed by atoms with van der Waals surface area (Å²) in [7, 11) is 0. The number of hydrogen-bond acceptors (Lipinski definition) is 5. The van der Waals surface area contributed by atoms with E-state index in [4.69, 9.17) is 20.8 Å². The number of ether oxygens (including phenoxy) is 1. The Balaban J connectivity index is 1.78. The Labute approximate surface area is 124 Å². The molecule has 0 aliphatic rings. The van der Waals surface area contributed by atoms with E-state index in [1.54, 1.807) is 30.3 Å². The molecule has 0 saturated carbocycles. The average Bonchev–Trinajstić information content (AvgIpc) is 2.88. The second kappa shape index (κ2) is 5.41. The van der Waals surface area contributed by atoms with Crippen LogP contribution in [0.4, 0.5) is 5.69 Å². The zero-order chi connectivity index (χ0) is 14.8. The molecular weight excluding hydrogens is 296 g/mol. The SMILES string of the molecule is O=[N+]([O-])c1ccc2nc(COc3ccc(Cl)cc3)oc2c1. The first-order chi connectivity index (χ1) is 10.1. The summed E-state index contributed by atoms with van der Waals surface area (Å²) in [5.41, 5.74) is 0.873. The van der Waals surface area contributed by atoms with Crippen LogP contribution in [0.1, 0.15) is 5.89 Å². The van der Waals surface area contributed by atoms with Crippen molar-refractivity contribution in [3.8, 4) is 5.75 Å². The predicted molar refractivity (Wildman–Crippen MR) is 76.4 cm³/mol. The number of rotatable bonds is 4. The van der Waals surface area contributed by atoms with E-state index < -0.39 is 4.92 Å². The van der Waals surface area contributed by atoms with Gasteiger partial charge in [0.2, 0.25) is 5.89 Å². The maximum absolute atomic E-state index is 10.7. The number of aromatic nitrogens is 1. The Bertz CT molecular complexity index is 798. The summed E-state index contributed by atoms with van der Waals surface area (Å²) in [6, 6.07) is 11.2. The van der Waals surface area contributed by atoms with Crippen LogP contribution < -0.4 is 4.74 Å². The van der Waals surface area contributed by atoms with E-state index in [0.717, 1.165) is 0 Å². The van der Waals surface area contributed by atoms with E-state index in [2.05, 4.69) is 4.98 Å². The van der Waals surface area contributed by atoms with Gasteiger partial charge in [0, 0.05) is 11.1 Å². The summed E-state index contributed by atoms with van der Waals surface area (Å²) in [6.07, 6.45) is 0. The molecule has 1 aromatic heterocycles. The van der Waals surface area contributed by atoms with E-state index in [-0.39, 0.29) is 12.3 Å². The number of nitro benzene ring substituents is 1. The molecule has 0 N–H and O–H groups in total. The molecule has 21 heavy (non-hydrogen) atoms. The highest BCUT2D eigenvalue weighted by molar-refractivity contribution is 6.30. The van der Waals surface area contributed by atoms with Gasteiger partial charge in [0.25, 0.3) is 5.69 Å². The average molecular weight is 305 g/mol. The number of benzene rings is 2. The molecule has 0 radical (unpaired) electrons. The van der Waals surface area contributed by atoms with Crippen LogP contribution in [-0.4, -0.2) is 9.91 Å². The van der Waals surface area contributed by atoms with E-state index >= 15 is 0 Å². The van der Waals surface area contributed by atoms with Crippen LogP contribution in [-0.2, 0) is 6.61 Å². The Morgan fingerprint density at radius 2 is 2.00 bits per heavy atom. The van der Waals surface area contributed by atoms with Gasteiger partial charge in [0.1, 0.15) is 11.3 Å². The molecule has 0 bridgehead atoms. The fourth-order valence-electron chi connectivity index (χ4n) is 1.81. The third-order valence-corrected chi connectivity index (χ3v) is 3.06. The van der Waals surface area contributed by atoms with Crippen molar-refractivity contribution in [1.29, 1.82) is 0 Å². The highest BCUT2D eigenvalue weighted by Gasteiger charge is 2.12. The second-order valence-electron chi connectivity index (χ2n) is 4.26. The van der Waals surface area contributed by atoms with Gasteiger partial charge >= 0.3 is 0 Å². The van der Waals surface area contributed by atoms with Gasteiger partial charge in [0.15, 0.2) is 12.2 Å². The van der Waals surface area contributed by atoms with Crippen molar-refractivity contribution >= 4 is 28.4 Å². The van der Waals surface area contributed by atoms with Gasteiger partial charge in [-0.15, -0.1) is 0 Å². The van der Waals surface area contributed by atoms with Gasteiger partial charge < -0.3 is 9.15 Å². The van der Waals surface area contributed by atoms with Crippen LogP contribution in [0.3, 0.4) is 0 Å². The molecule has 7 heteroatoms. The molecule has 0 saturated heterocycles. The molecule has 0 fully saturated rings. The summed E-state index contributed by atoms with van der Waals surface area (Å²) < 4.78 is 10.9. The number of nitrogens with zero attached hydrogens (tertiary/aromatic N) is 2. The van der Waals surface area contributed by atoms with Crippen molar-refractivity contribution in [3.63, 3.8) is 0 Å². The summed E-state index contributed by atoms with van der Waals surface area (Å²) in [5.74, 6) is 0.980. The molecule has 1 heterocycles. The van der Waals surface area contributed by atoms with Gasteiger partial charge in [-0.2, -0.15) is 0 Å². The highest BCUT2D eigenvalue weighted by Crippen LogP contribution is 2.22. The first-order valence-electron chi connectivity index (χ1n) is 6.04. The number of oxazole rings is 1. The monoisotopic (exact) mass is 304 g/mol. The van der Waals surface area contributed by atoms with Crippen molar-refractivity contribution in [2.24, 2.45) is 0 Å².